The molecule has 2 N–H and O–H groups in total. The zero-order valence-corrected chi connectivity index (χ0v) is 17.4. The lowest BCUT2D eigenvalue weighted by atomic mass is 10.1. The Morgan fingerprint density at radius 1 is 1.10 bits per heavy atom. The van der Waals surface area contributed by atoms with Crippen LogP contribution < -0.4 is 15.4 Å². The molecule has 1 heterocycles. The maximum absolute atomic E-state index is 12.7. The van der Waals surface area contributed by atoms with Gasteiger partial charge in [0.25, 0.3) is 5.91 Å². The van der Waals surface area contributed by atoms with E-state index >= 15 is 0 Å². The highest BCUT2D eigenvalue weighted by Crippen LogP contribution is 2.27. The van der Waals surface area contributed by atoms with Crippen molar-refractivity contribution in [3.63, 3.8) is 0 Å². The summed E-state index contributed by atoms with van der Waals surface area (Å²) in [6.45, 7) is 6.20. The lowest BCUT2D eigenvalue weighted by molar-refractivity contribution is -0.114. The maximum atomic E-state index is 12.7. The van der Waals surface area contributed by atoms with Gasteiger partial charge in [0.1, 0.15) is 17.9 Å². The van der Waals surface area contributed by atoms with Crippen molar-refractivity contribution in [1.29, 1.82) is 0 Å². The molecule has 0 saturated heterocycles. The average Bonchev–Trinajstić information content (AvgIpc) is 3.08. The lowest BCUT2D eigenvalue weighted by Crippen LogP contribution is -2.28. The summed E-state index contributed by atoms with van der Waals surface area (Å²) in [5.41, 5.74) is 2.04. The van der Waals surface area contributed by atoms with Crippen molar-refractivity contribution in [1.82, 2.24) is 5.32 Å². The van der Waals surface area contributed by atoms with Crippen LogP contribution in [-0.4, -0.2) is 31.1 Å². The van der Waals surface area contributed by atoms with Crippen molar-refractivity contribution in [3.05, 3.63) is 59.9 Å². The van der Waals surface area contributed by atoms with Crippen LogP contribution in [-0.2, 0) is 16.1 Å². The summed E-state index contributed by atoms with van der Waals surface area (Å²) in [6, 6.07) is 14.6. The van der Waals surface area contributed by atoms with Crippen molar-refractivity contribution in [2.24, 2.45) is 0 Å². The molecule has 30 heavy (non-hydrogen) atoms. The van der Waals surface area contributed by atoms with Gasteiger partial charge in [-0.15, -0.1) is 0 Å². The molecule has 2 amide bonds. The second-order valence-electron chi connectivity index (χ2n) is 7.08. The Labute approximate surface area is 175 Å². The third-order valence-electron chi connectivity index (χ3n) is 4.28. The van der Waals surface area contributed by atoms with Crippen molar-refractivity contribution in [2.45, 2.75) is 33.5 Å². The molecule has 7 heteroatoms. The van der Waals surface area contributed by atoms with Gasteiger partial charge in [-0.05, 0) is 32.0 Å². The molecule has 0 atom stereocenters. The van der Waals surface area contributed by atoms with E-state index in [1.165, 1.54) is 6.92 Å². The third kappa shape index (κ3) is 5.61. The van der Waals surface area contributed by atoms with Crippen LogP contribution in [0.3, 0.4) is 0 Å². The first kappa shape index (κ1) is 21.4. The number of rotatable bonds is 9. The topological polar surface area (TPSA) is 89.8 Å². The molecule has 0 unspecified atom stereocenters. The van der Waals surface area contributed by atoms with E-state index in [1.54, 1.807) is 24.3 Å². The molecule has 3 aromatic rings. The number of anilines is 1. The smallest absolute Gasteiger partial charge is 0.287 e. The first-order chi connectivity index (χ1) is 14.4. The molecule has 158 valence electrons. The molecule has 3 rings (SSSR count). The second kappa shape index (κ2) is 9.93. The average molecular weight is 410 g/mol. The fourth-order valence-electron chi connectivity index (χ4n) is 2.96. The van der Waals surface area contributed by atoms with Gasteiger partial charge in [-0.1, -0.05) is 24.3 Å². The third-order valence-corrected chi connectivity index (χ3v) is 4.28. The van der Waals surface area contributed by atoms with Crippen LogP contribution in [0.2, 0.25) is 0 Å². The van der Waals surface area contributed by atoms with E-state index in [4.69, 9.17) is 13.9 Å². The minimum atomic E-state index is -0.316. The highest BCUT2D eigenvalue weighted by Gasteiger charge is 2.20. The number of benzene rings is 2. The summed E-state index contributed by atoms with van der Waals surface area (Å²) in [4.78, 5) is 23.9. The predicted molar refractivity (Wildman–Crippen MR) is 115 cm³/mol. The van der Waals surface area contributed by atoms with Crippen molar-refractivity contribution in [3.8, 4) is 5.75 Å². The van der Waals surface area contributed by atoms with E-state index in [-0.39, 0.29) is 30.3 Å². The van der Waals surface area contributed by atoms with E-state index in [2.05, 4.69) is 10.6 Å². The molecule has 7 nitrogen and oxygen atoms in total. The number of nitrogens with one attached hydrogen (secondary N) is 2. The SMILES string of the molecule is CC(=O)Nc1cccc(OCCNC(=O)c2oc3ccccc3c2COC(C)C)c1. The van der Waals surface area contributed by atoms with Crippen molar-refractivity contribution >= 4 is 28.5 Å². The fraction of sp³-hybridized carbons (Fsp3) is 0.304. The molecule has 0 aliphatic rings. The van der Waals surface area contributed by atoms with Crippen molar-refractivity contribution in [2.75, 3.05) is 18.5 Å². The molecule has 0 spiro atoms. The number of amides is 2. The predicted octanol–water partition coefficient (Wildman–Crippen LogP) is 4.13. The van der Waals surface area contributed by atoms with E-state index in [0.717, 1.165) is 10.9 Å². The van der Waals surface area contributed by atoms with Crippen LogP contribution in [0, 0.1) is 0 Å². The zero-order valence-electron chi connectivity index (χ0n) is 17.4. The van der Waals surface area contributed by atoms with Crippen LogP contribution in [0.1, 0.15) is 36.9 Å². The first-order valence-electron chi connectivity index (χ1n) is 9.84. The van der Waals surface area contributed by atoms with E-state index in [1.807, 2.05) is 38.1 Å². The number of hydrogen-bond acceptors (Lipinski definition) is 5. The van der Waals surface area contributed by atoms with Gasteiger partial charge in [-0.25, -0.2) is 0 Å². The number of para-hydroxylation sites is 1. The molecule has 1 aromatic heterocycles. The van der Waals surface area contributed by atoms with Crippen LogP contribution in [0.25, 0.3) is 11.0 Å². The van der Waals surface area contributed by atoms with E-state index in [0.29, 0.717) is 30.2 Å². The summed E-state index contributed by atoms with van der Waals surface area (Å²) in [5.74, 6) is 0.390. The normalized spacial score (nSPS) is 10.9. The van der Waals surface area contributed by atoms with E-state index in [9.17, 15) is 9.59 Å². The molecule has 0 bridgehead atoms. The number of ether oxygens (including phenoxy) is 2. The van der Waals surface area contributed by atoms with Gasteiger partial charge in [0, 0.05) is 29.6 Å². The van der Waals surface area contributed by atoms with E-state index < -0.39 is 0 Å². The van der Waals surface area contributed by atoms with Crippen LogP contribution in [0.5, 0.6) is 5.75 Å². The van der Waals surface area contributed by atoms with Crippen LogP contribution >= 0.6 is 0 Å². The Balaban J connectivity index is 1.60. The summed E-state index contributed by atoms with van der Waals surface area (Å²) in [7, 11) is 0. The highest BCUT2D eigenvalue weighted by molar-refractivity contribution is 5.99. The van der Waals surface area contributed by atoms with Crippen LogP contribution in [0.4, 0.5) is 5.69 Å². The van der Waals surface area contributed by atoms with Crippen LogP contribution in [0.15, 0.2) is 52.9 Å². The van der Waals surface area contributed by atoms with Gasteiger partial charge in [0.2, 0.25) is 5.91 Å². The number of hydrogen-bond donors (Lipinski definition) is 2. The summed E-state index contributed by atoms with van der Waals surface area (Å²) < 4.78 is 17.2. The Morgan fingerprint density at radius 2 is 1.90 bits per heavy atom. The first-order valence-corrected chi connectivity index (χ1v) is 9.84. The Bertz CT molecular complexity index is 1030. The molecule has 0 aliphatic heterocycles. The minimum absolute atomic E-state index is 0.0382. The summed E-state index contributed by atoms with van der Waals surface area (Å²) >= 11 is 0. The van der Waals surface area contributed by atoms with Crippen molar-refractivity contribution < 1.29 is 23.5 Å². The molecule has 0 aliphatic carbocycles. The Morgan fingerprint density at radius 3 is 2.67 bits per heavy atom. The fourth-order valence-corrected chi connectivity index (χ4v) is 2.96. The van der Waals surface area contributed by atoms with Gasteiger partial charge >= 0.3 is 0 Å². The second-order valence-corrected chi connectivity index (χ2v) is 7.08. The van der Waals surface area contributed by atoms with Gasteiger partial charge in [-0.2, -0.15) is 0 Å². The van der Waals surface area contributed by atoms with Gasteiger partial charge in [0.05, 0.1) is 19.3 Å². The number of carbonyl (C=O) groups excluding carboxylic acids is 2. The molecule has 0 fully saturated rings. The minimum Gasteiger partial charge on any atom is -0.492 e. The number of furan rings is 1. The summed E-state index contributed by atoms with van der Waals surface area (Å²) in [5, 5.41) is 6.39. The van der Waals surface area contributed by atoms with Gasteiger partial charge in [0.15, 0.2) is 5.76 Å². The van der Waals surface area contributed by atoms with Gasteiger partial charge < -0.3 is 24.5 Å². The summed E-state index contributed by atoms with van der Waals surface area (Å²) in [6.07, 6.45) is 0.0382. The maximum Gasteiger partial charge on any atom is 0.287 e. The molecular weight excluding hydrogens is 384 g/mol. The molecule has 2 aromatic carbocycles. The quantitative estimate of drug-likeness (QED) is 0.518. The number of carbonyl (C=O) groups is 2. The molecule has 0 saturated carbocycles. The number of fused-ring (bicyclic) bond motifs is 1. The Hall–Kier alpha value is -3.32. The largest absolute Gasteiger partial charge is 0.492 e. The molecule has 0 radical (unpaired) electrons. The highest BCUT2D eigenvalue weighted by atomic mass is 16.5. The monoisotopic (exact) mass is 410 g/mol. The Kier molecular flexibility index (Phi) is 7.08. The molecular formula is C23H26N2O5. The lowest BCUT2D eigenvalue weighted by Gasteiger charge is -2.10. The van der Waals surface area contributed by atoms with Gasteiger partial charge in [-0.3, -0.25) is 9.59 Å². The standard InChI is InChI=1S/C23H26N2O5/c1-15(2)29-14-20-19-9-4-5-10-21(19)30-22(20)23(27)24-11-12-28-18-8-6-7-17(13-18)25-16(3)26/h4-10,13,15H,11-12,14H2,1-3H3,(H,24,27)(H,25,26). The zero-order chi connectivity index (χ0) is 21.5.